The van der Waals surface area contributed by atoms with E-state index in [-0.39, 0.29) is 17.6 Å². The van der Waals surface area contributed by atoms with E-state index in [2.05, 4.69) is 4.90 Å². The molecule has 3 N–H and O–H groups in total. The SMILES string of the molecule is CC(N)[C@@H]1CCN(c2ccc3cc(C(=O)O)c(=O)n4c3c2OC[C@@H]4C)C1. The number of ether oxygens (including phenoxy) is 1. The molecule has 1 aromatic heterocycles. The van der Waals surface area contributed by atoms with Gasteiger partial charge in [-0.2, -0.15) is 0 Å². The third kappa shape index (κ3) is 2.46. The van der Waals surface area contributed by atoms with E-state index in [4.69, 9.17) is 10.5 Å². The van der Waals surface area contributed by atoms with Crippen LogP contribution in [0.25, 0.3) is 10.9 Å². The molecule has 2 aliphatic rings. The van der Waals surface area contributed by atoms with Gasteiger partial charge in [0, 0.05) is 24.5 Å². The van der Waals surface area contributed by atoms with Gasteiger partial charge in [-0.25, -0.2) is 4.79 Å². The Balaban J connectivity index is 1.91. The van der Waals surface area contributed by atoms with Crippen LogP contribution in [-0.4, -0.2) is 41.4 Å². The number of rotatable bonds is 3. The molecule has 0 bridgehead atoms. The first-order valence-corrected chi connectivity index (χ1v) is 8.97. The fraction of sp³-hybridized carbons (Fsp3) is 0.474. The molecule has 0 spiro atoms. The second-order valence-corrected chi connectivity index (χ2v) is 7.40. The second kappa shape index (κ2) is 6.02. The number of pyridine rings is 1. The normalized spacial score (nSPS) is 23.1. The van der Waals surface area contributed by atoms with Gasteiger partial charge >= 0.3 is 5.97 Å². The van der Waals surface area contributed by atoms with Crippen molar-refractivity contribution in [2.75, 3.05) is 24.6 Å². The van der Waals surface area contributed by atoms with Crippen molar-refractivity contribution in [3.05, 3.63) is 34.1 Å². The summed E-state index contributed by atoms with van der Waals surface area (Å²) in [6.45, 7) is 5.98. The highest BCUT2D eigenvalue weighted by Crippen LogP contribution is 2.41. The Hall–Kier alpha value is -2.54. The smallest absolute Gasteiger partial charge is 0.341 e. The number of hydrogen-bond acceptors (Lipinski definition) is 5. The number of anilines is 1. The van der Waals surface area contributed by atoms with E-state index in [1.807, 2.05) is 26.0 Å². The van der Waals surface area contributed by atoms with Crippen molar-refractivity contribution in [3.8, 4) is 5.75 Å². The molecule has 2 aliphatic heterocycles. The molecule has 3 atom stereocenters. The average Bonchev–Trinajstić information content (AvgIpc) is 3.08. The molecule has 0 aliphatic carbocycles. The summed E-state index contributed by atoms with van der Waals surface area (Å²) in [5, 5.41) is 10.1. The molecule has 4 rings (SSSR count). The second-order valence-electron chi connectivity index (χ2n) is 7.40. The van der Waals surface area contributed by atoms with Crippen LogP contribution in [0.15, 0.2) is 23.0 Å². The summed E-state index contributed by atoms with van der Waals surface area (Å²) in [5.41, 5.74) is 7.00. The number of aromatic carboxylic acids is 1. The highest BCUT2D eigenvalue weighted by atomic mass is 16.5. The Labute approximate surface area is 151 Å². The number of carboxylic acids is 1. The molecule has 1 aromatic carbocycles. The third-order valence-electron chi connectivity index (χ3n) is 5.58. The number of aromatic nitrogens is 1. The van der Waals surface area contributed by atoms with E-state index in [0.717, 1.165) is 25.2 Å². The summed E-state index contributed by atoms with van der Waals surface area (Å²) in [7, 11) is 0. The van der Waals surface area contributed by atoms with Crippen LogP contribution in [0.4, 0.5) is 5.69 Å². The van der Waals surface area contributed by atoms with E-state index in [9.17, 15) is 14.7 Å². The van der Waals surface area contributed by atoms with Gasteiger partial charge in [0.25, 0.3) is 5.56 Å². The standard InChI is InChI=1S/C19H23N3O4/c1-10-9-26-17-15(21-6-5-13(8-21)11(2)20)4-3-12-7-14(19(24)25)18(23)22(10)16(12)17/h3-4,7,10-11,13H,5-6,8-9,20H2,1-2H3,(H,24,25)/t10-,11?,13+/m0/s1. The predicted octanol–water partition coefficient (Wildman–Crippen LogP) is 1.83. The molecule has 3 heterocycles. The Kier molecular flexibility index (Phi) is 3.91. The molecule has 1 unspecified atom stereocenters. The summed E-state index contributed by atoms with van der Waals surface area (Å²) >= 11 is 0. The zero-order valence-electron chi connectivity index (χ0n) is 14.9. The number of carboxylic acid groups (broad SMARTS) is 1. The molecule has 2 aromatic rings. The Morgan fingerprint density at radius 3 is 2.85 bits per heavy atom. The fourth-order valence-electron chi connectivity index (χ4n) is 4.07. The molecule has 138 valence electrons. The van der Waals surface area contributed by atoms with Gasteiger partial charge in [0.05, 0.1) is 17.2 Å². The van der Waals surface area contributed by atoms with Crippen molar-refractivity contribution in [2.24, 2.45) is 11.7 Å². The topological polar surface area (TPSA) is 97.8 Å². The van der Waals surface area contributed by atoms with Crippen LogP contribution in [-0.2, 0) is 0 Å². The minimum atomic E-state index is -1.20. The van der Waals surface area contributed by atoms with Gasteiger partial charge in [-0.05, 0) is 38.3 Å². The maximum atomic E-state index is 12.7. The van der Waals surface area contributed by atoms with Gasteiger partial charge in [0.1, 0.15) is 12.2 Å². The molecular formula is C19H23N3O4. The van der Waals surface area contributed by atoms with Gasteiger partial charge in [-0.3, -0.25) is 9.36 Å². The monoisotopic (exact) mass is 357 g/mol. The van der Waals surface area contributed by atoms with Crippen molar-refractivity contribution in [2.45, 2.75) is 32.4 Å². The molecule has 1 saturated heterocycles. The van der Waals surface area contributed by atoms with Crippen molar-refractivity contribution in [3.63, 3.8) is 0 Å². The third-order valence-corrected chi connectivity index (χ3v) is 5.58. The number of carbonyl (C=O) groups is 1. The average molecular weight is 357 g/mol. The predicted molar refractivity (Wildman–Crippen MR) is 99.3 cm³/mol. The summed E-state index contributed by atoms with van der Waals surface area (Å²) in [6.07, 6.45) is 1.02. The molecule has 0 amide bonds. The van der Waals surface area contributed by atoms with E-state index in [0.29, 0.717) is 29.2 Å². The molecule has 0 radical (unpaired) electrons. The van der Waals surface area contributed by atoms with Crippen LogP contribution >= 0.6 is 0 Å². The van der Waals surface area contributed by atoms with Crippen LogP contribution in [0.2, 0.25) is 0 Å². The number of nitrogens with two attached hydrogens (primary N) is 1. The summed E-state index contributed by atoms with van der Waals surface area (Å²) in [6, 6.07) is 5.19. The molecular weight excluding hydrogens is 334 g/mol. The minimum Gasteiger partial charge on any atom is -0.487 e. The molecule has 7 nitrogen and oxygen atoms in total. The van der Waals surface area contributed by atoms with Gasteiger partial charge < -0.3 is 20.5 Å². The zero-order chi connectivity index (χ0) is 18.6. The highest BCUT2D eigenvalue weighted by molar-refractivity contribution is 5.97. The number of nitrogens with zero attached hydrogens (tertiary/aromatic N) is 2. The Morgan fingerprint density at radius 1 is 1.42 bits per heavy atom. The zero-order valence-corrected chi connectivity index (χ0v) is 14.9. The van der Waals surface area contributed by atoms with Crippen LogP contribution in [0.1, 0.15) is 36.7 Å². The first-order chi connectivity index (χ1) is 12.4. The Bertz CT molecular complexity index is 950. The van der Waals surface area contributed by atoms with Gasteiger partial charge in [-0.15, -0.1) is 0 Å². The van der Waals surface area contributed by atoms with Crippen LogP contribution in [0.3, 0.4) is 0 Å². The maximum Gasteiger partial charge on any atom is 0.341 e. The van der Waals surface area contributed by atoms with Crippen molar-refractivity contribution in [1.82, 2.24) is 4.57 Å². The summed E-state index contributed by atoms with van der Waals surface area (Å²) < 4.78 is 7.59. The van der Waals surface area contributed by atoms with E-state index in [1.165, 1.54) is 6.07 Å². The van der Waals surface area contributed by atoms with Crippen LogP contribution in [0.5, 0.6) is 5.75 Å². The van der Waals surface area contributed by atoms with E-state index >= 15 is 0 Å². The lowest BCUT2D eigenvalue weighted by atomic mass is 10.0. The first-order valence-electron chi connectivity index (χ1n) is 8.97. The molecule has 26 heavy (non-hydrogen) atoms. The van der Waals surface area contributed by atoms with Crippen molar-refractivity contribution in [1.29, 1.82) is 0 Å². The lowest BCUT2D eigenvalue weighted by Crippen LogP contribution is -2.35. The van der Waals surface area contributed by atoms with Crippen LogP contribution in [0, 0.1) is 5.92 Å². The molecule has 0 saturated carbocycles. The quantitative estimate of drug-likeness (QED) is 0.870. The largest absolute Gasteiger partial charge is 0.487 e. The summed E-state index contributed by atoms with van der Waals surface area (Å²) in [5.74, 6) is -0.110. The number of benzene rings is 1. The fourth-order valence-corrected chi connectivity index (χ4v) is 4.07. The summed E-state index contributed by atoms with van der Waals surface area (Å²) in [4.78, 5) is 26.4. The molecule has 1 fully saturated rings. The van der Waals surface area contributed by atoms with Crippen molar-refractivity contribution >= 4 is 22.6 Å². The van der Waals surface area contributed by atoms with Gasteiger partial charge in [0.15, 0.2) is 5.75 Å². The molecule has 7 heteroatoms. The van der Waals surface area contributed by atoms with E-state index < -0.39 is 11.5 Å². The minimum absolute atomic E-state index is 0.133. The Morgan fingerprint density at radius 2 is 2.19 bits per heavy atom. The lowest BCUT2D eigenvalue weighted by Gasteiger charge is -2.30. The van der Waals surface area contributed by atoms with Crippen molar-refractivity contribution < 1.29 is 14.6 Å². The maximum absolute atomic E-state index is 12.7. The van der Waals surface area contributed by atoms with Crippen LogP contribution < -0.4 is 20.9 Å². The van der Waals surface area contributed by atoms with Gasteiger partial charge in [0.2, 0.25) is 0 Å². The van der Waals surface area contributed by atoms with E-state index in [1.54, 1.807) is 4.57 Å². The number of hydrogen-bond donors (Lipinski definition) is 2. The van der Waals surface area contributed by atoms with Gasteiger partial charge in [-0.1, -0.05) is 6.07 Å². The lowest BCUT2D eigenvalue weighted by molar-refractivity contribution is 0.0694. The first kappa shape index (κ1) is 16.9. The highest BCUT2D eigenvalue weighted by Gasteiger charge is 2.31.